The molecule has 2 heterocycles. The number of aryl methyl sites for hydroxylation is 1. The standard InChI is InChI=1S/C23H24N6O2/c1-29-15-18(14-26-29)17-3-5-20(6-4-17)28-23(30)31-21-9-7-19(8-10-21)27-22-11-2-16(12-24)13-25-22/h2-6,11,13-15,19,21H,7-10H2,1H3,(H,25,27)(H,28,30). The van der Waals surface area contributed by atoms with Gasteiger partial charge in [0, 0.05) is 36.7 Å². The molecule has 0 atom stereocenters. The maximum Gasteiger partial charge on any atom is 0.411 e. The van der Waals surface area contributed by atoms with Gasteiger partial charge in [-0.3, -0.25) is 10.00 Å². The Balaban J connectivity index is 1.22. The van der Waals surface area contributed by atoms with Gasteiger partial charge in [-0.1, -0.05) is 12.1 Å². The second kappa shape index (κ2) is 9.30. The third kappa shape index (κ3) is 5.39. The van der Waals surface area contributed by atoms with Gasteiger partial charge in [-0.2, -0.15) is 10.4 Å². The molecule has 31 heavy (non-hydrogen) atoms. The lowest BCUT2D eigenvalue weighted by atomic mass is 9.93. The largest absolute Gasteiger partial charge is 0.446 e. The van der Waals surface area contributed by atoms with Crippen LogP contribution in [0.3, 0.4) is 0 Å². The fourth-order valence-electron chi connectivity index (χ4n) is 3.69. The predicted molar refractivity (Wildman–Crippen MR) is 117 cm³/mol. The van der Waals surface area contributed by atoms with E-state index in [4.69, 9.17) is 10.00 Å². The van der Waals surface area contributed by atoms with E-state index in [-0.39, 0.29) is 12.1 Å². The first-order valence-corrected chi connectivity index (χ1v) is 10.3. The smallest absolute Gasteiger partial charge is 0.411 e. The van der Waals surface area contributed by atoms with Crippen LogP contribution in [-0.2, 0) is 11.8 Å². The van der Waals surface area contributed by atoms with Gasteiger partial charge in [-0.05, 0) is 55.5 Å². The lowest BCUT2D eigenvalue weighted by Crippen LogP contribution is -2.32. The molecule has 0 saturated heterocycles. The van der Waals surface area contributed by atoms with Crippen LogP contribution in [0.2, 0.25) is 0 Å². The van der Waals surface area contributed by atoms with Crippen LogP contribution in [0.4, 0.5) is 16.3 Å². The Morgan fingerprint density at radius 3 is 2.48 bits per heavy atom. The third-order valence-electron chi connectivity index (χ3n) is 5.36. The summed E-state index contributed by atoms with van der Waals surface area (Å²) in [6.07, 6.45) is 8.14. The molecule has 1 saturated carbocycles. The first-order valence-electron chi connectivity index (χ1n) is 10.3. The van der Waals surface area contributed by atoms with Crippen LogP contribution >= 0.6 is 0 Å². The number of hydrogen-bond acceptors (Lipinski definition) is 6. The number of carbonyl (C=O) groups is 1. The molecule has 2 N–H and O–H groups in total. The summed E-state index contributed by atoms with van der Waals surface area (Å²) in [4.78, 5) is 16.5. The number of ether oxygens (including phenoxy) is 1. The van der Waals surface area contributed by atoms with Crippen LogP contribution in [0, 0.1) is 11.3 Å². The van der Waals surface area contributed by atoms with Crippen molar-refractivity contribution in [3.05, 3.63) is 60.6 Å². The Labute approximate surface area is 180 Å². The molecule has 1 aromatic carbocycles. The highest BCUT2D eigenvalue weighted by atomic mass is 16.6. The van der Waals surface area contributed by atoms with Gasteiger partial charge in [-0.15, -0.1) is 0 Å². The molecular formula is C23H24N6O2. The van der Waals surface area contributed by atoms with Crippen molar-refractivity contribution in [1.29, 1.82) is 5.26 Å². The summed E-state index contributed by atoms with van der Waals surface area (Å²) in [5, 5.41) is 19.2. The van der Waals surface area contributed by atoms with Crippen LogP contribution in [0.1, 0.15) is 31.2 Å². The highest BCUT2D eigenvalue weighted by Gasteiger charge is 2.24. The molecule has 1 aliphatic rings. The average molecular weight is 416 g/mol. The Morgan fingerprint density at radius 1 is 1.10 bits per heavy atom. The summed E-state index contributed by atoms with van der Waals surface area (Å²) >= 11 is 0. The van der Waals surface area contributed by atoms with Gasteiger partial charge in [0.15, 0.2) is 0 Å². The lowest BCUT2D eigenvalue weighted by Gasteiger charge is -2.29. The molecule has 0 radical (unpaired) electrons. The number of aromatic nitrogens is 3. The second-order valence-electron chi connectivity index (χ2n) is 7.67. The molecule has 0 unspecified atom stereocenters. The Morgan fingerprint density at radius 2 is 1.87 bits per heavy atom. The SMILES string of the molecule is Cn1cc(-c2ccc(NC(=O)OC3CCC(Nc4ccc(C#N)cn4)CC3)cc2)cn1. The summed E-state index contributed by atoms with van der Waals surface area (Å²) in [5.74, 6) is 0.760. The van der Waals surface area contributed by atoms with Crippen molar-refractivity contribution in [2.24, 2.45) is 7.05 Å². The fourth-order valence-corrected chi connectivity index (χ4v) is 3.69. The number of hydrogen-bond donors (Lipinski definition) is 2. The number of nitriles is 1. The molecule has 8 nitrogen and oxygen atoms in total. The maximum absolute atomic E-state index is 12.3. The van der Waals surface area contributed by atoms with E-state index < -0.39 is 6.09 Å². The van der Waals surface area contributed by atoms with Crippen LogP contribution in [0.15, 0.2) is 55.0 Å². The Bertz CT molecular complexity index is 1060. The molecule has 8 heteroatoms. The number of benzene rings is 1. The topological polar surface area (TPSA) is 105 Å². The summed E-state index contributed by atoms with van der Waals surface area (Å²) in [5.41, 5.74) is 3.30. The van der Waals surface area contributed by atoms with E-state index >= 15 is 0 Å². The van der Waals surface area contributed by atoms with Crippen LogP contribution < -0.4 is 10.6 Å². The number of carbonyl (C=O) groups excluding carboxylic acids is 1. The van der Waals surface area contributed by atoms with E-state index in [0.717, 1.165) is 42.6 Å². The highest BCUT2D eigenvalue weighted by molar-refractivity contribution is 5.85. The van der Waals surface area contributed by atoms with Crippen molar-refractivity contribution in [3.63, 3.8) is 0 Å². The molecule has 1 amide bonds. The molecule has 1 aliphatic carbocycles. The summed E-state index contributed by atoms with van der Waals surface area (Å²) in [7, 11) is 1.88. The van der Waals surface area contributed by atoms with Gasteiger partial charge in [0.25, 0.3) is 0 Å². The van der Waals surface area contributed by atoms with Gasteiger partial charge >= 0.3 is 6.09 Å². The quantitative estimate of drug-likeness (QED) is 0.642. The number of amides is 1. The van der Waals surface area contributed by atoms with E-state index in [1.54, 1.807) is 23.1 Å². The minimum Gasteiger partial charge on any atom is -0.446 e. The molecule has 2 aromatic heterocycles. The fraction of sp³-hybridized carbons (Fsp3) is 0.304. The zero-order valence-corrected chi connectivity index (χ0v) is 17.3. The molecule has 1 fully saturated rings. The second-order valence-corrected chi connectivity index (χ2v) is 7.67. The minimum atomic E-state index is -0.431. The minimum absolute atomic E-state index is 0.0957. The van der Waals surface area contributed by atoms with Gasteiger partial charge in [-0.25, -0.2) is 9.78 Å². The normalized spacial score (nSPS) is 18.1. The van der Waals surface area contributed by atoms with E-state index in [2.05, 4.69) is 26.8 Å². The van der Waals surface area contributed by atoms with E-state index in [0.29, 0.717) is 11.3 Å². The molecule has 0 spiro atoms. The number of nitrogens with one attached hydrogen (secondary N) is 2. The van der Waals surface area contributed by atoms with Crippen LogP contribution in [-0.4, -0.2) is 33.0 Å². The number of anilines is 2. The zero-order chi connectivity index (χ0) is 21.6. The van der Waals surface area contributed by atoms with Crippen molar-refractivity contribution in [3.8, 4) is 17.2 Å². The van der Waals surface area contributed by atoms with Crippen molar-refractivity contribution in [1.82, 2.24) is 14.8 Å². The number of rotatable bonds is 5. The van der Waals surface area contributed by atoms with Gasteiger partial charge in [0.2, 0.25) is 0 Å². The van der Waals surface area contributed by atoms with E-state index in [9.17, 15) is 4.79 Å². The van der Waals surface area contributed by atoms with E-state index in [1.807, 2.05) is 43.6 Å². The van der Waals surface area contributed by atoms with Crippen molar-refractivity contribution >= 4 is 17.6 Å². The number of nitrogens with zero attached hydrogens (tertiary/aromatic N) is 4. The monoisotopic (exact) mass is 416 g/mol. The first kappa shape index (κ1) is 20.4. The number of pyridine rings is 1. The summed E-state index contributed by atoms with van der Waals surface area (Å²) in [6.45, 7) is 0. The summed E-state index contributed by atoms with van der Waals surface area (Å²) < 4.78 is 7.35. The molecule has 0 bridgehead atoms. The third-order valence-corrected chi connectivity index (χ3v) is 5.36. The molecule has 4 rings (SSSR count). The van der Waals surface area contributed by atoms with Crippen LogP contribution in [0.25, 0.3) is 11.1 Å². The Kier molecular flexibility index (Phi) is 6.13. The highest BCUT2D eigenvalue weighted by Crippen LogP contribution is 2.25. The van der Waals surface area contributed by atoms with Gasteiger partial charge in [0.05, 0.1) is 11.8 Å². The predicted octanol–water partition coefficient (Wildman–Crippen LogP) is 4.33. The molecular weight excluding hydrogens is 392 g/mol. The average Bonchev–Trinajstić information content (AvgIpc) is 3.22. The van der Waals surface area contributed by atoms with Gasteiger partial charge < -0.3 is 10.1 Å². The molecule has 3 aromatic rings. The van der Waals surface area contributed by atoms with Crippen molar-refractivity contribution in [2.75, 3.05) is 10.6 Å². The van der Waals surface area contributed by atoms with Crippen LogP contribution in [0.5, 0.6) is 0 Å². The van der Waals surface area contributed by atoms with Crippen molar-refractivity contribution < 1.29 is 9.53 Å². The van der Waals surface area contributed by atoms with Gasteiger partial charge in [0.1, 0.15) is 18.0 Å². The summed E-state index contributed by atoms with van der Waals surface area (Å²) in [6, 6.07) is 13.5. The zero-order valence-electron chi connectivity index (χ0n) is 17.3. The Hall–Kier alpha value is -3.86. The lowest BCUT2D eigenvalue weighted by molar-refractivity contribution is 0.0841. The molecule has 0 aliphatic heterocycles. The van der Waals surface area contributed by atoms with Crippen molar-refractivity contribution in [2.45, 2.75) is 37.8 Å². The first-order chi connectivity index (χ1) is 15.1. The van der Waals surface area contributed by atoms with E-state index in [1.165, 1.54) is 0 Å². The molecule has 158 valence electrons. The maximum atomic E-state index is 12.3.